The number of aliphatic carboxylic acids is 1. The molecule has 82 valence electrons. The lowest BCUT2D eigenvalue weighted by molar-refractivity contribution is -0.149. The first-order valence-electron chi connectivity index (χ1n) is 4.01. The van der Waals surface area contributed by atoms with Crippen LogP contribution in [0.5, 0.6) is 5.75 Å². The van der Waals surface area contributed by atoms with Crippen molar-refractivity contribution in [2.24, 2.45) is 5.73 Å². The summed E-state index contributed by atoms with van der Waals surface area (Å²) in [7, 11) is 0. The van der Waals surface area contributed by atoms with Crippen LogP contribution < -0.4 is 5.73 Å². The van der Waals surface area contributed by atoms with Gasteiger partial charge < -0.3 is 15.9 Å². The zero-order chi connectivity index (χ0) is 11.6. The topological polar surface area (TPSA) is 83.6 Å². The fourth-order valence-electron chi connectivity index (χ4n) is 1.02. The first-order chi connectivity index (χ1) is 6.85. The average Bonchev–Trinajstić information content (AvgIpc) is 2.17. The van der Waals surface area contributed by atoms with Gasteiger partial charge in [-0.15, -0.1) is 0 Å². The van der Waals surface area contributed by atoms with Crippen molar-refractivity contribution in [2.75, 3.05) is 0 Å². The fraction of sp³-hybridized carbons (Fsp3) is 0.222. The van der Waals surface area contributed by atoms with Gasteiger partial charge in [-0.25, -0.2) is 0 Å². The van der Waals surface area contributed by atoms with Crippen LogP contribution in [0.15, 0.2) is 24.3 Å². The molecule has 0 aliphatic carbocycles. The molecule has 0 aromatic heterocycles. The van der Waals surface area contributed by atoms with Crippen molar-refractivity contribution >= 4 is 5.97 Å². The van der Waals surface area contributed by atoms with Crippen LogP contribution in [-0.2, 0) is 10.7 Å². The molecule has 0 fully saturated rings. The molecule has 0 amide bonds. The molecule has 1 aromatic carbocycles. The molecule has 0 aliphatic heterocycles. The molecule has 0 saturated heterocycles. The minimum Gasteiger partial charge on any atom is -0.508 e. The maximum Gasteiger partial charge on any atom is 0.327 e. The summed E-state index contributed by atoms with van der Waals surface area (Å²) >= 11 is 0. The second-order valence-electron chi connectivity index (χ2n) is 2.99. The van der Waals surface area contributed by atoms with Crippen LogP contribution in [0.3, 0.4) is 0 Å². The minimum atomic E-state index is -3.67. The molecule has 0 bridgehead atoms. The van der Waals surface area contributed by atoms with E-state index in [1.165, 1.54) is 0 Å². The number of hydrogen-bond donors (Lipinski definition) is 3. The van der Waals surface area contributed by atoms with Crippen molar-refractivity contribution in [3.63, 3.8) is 0 Å². The van der Waals surface area contributed by atoms with Crippen molar-refractivity contribution in [1.82, 2.24) is 0 Å². The third-order valence-electron chi connectivity index (χ3n) is 1.91. The summed E-state index contributed by atoms with van der Waals surface area (Å²) in [6, 6.07) is 1.63. The van der Waals surface area contributed by atoms with Gasteiger partial charge in [0.2, 0.25) is 0 Å². The van der Waals surface area contributed by atoms with Gasteiger partial charge >= 0.3 is 5.97 Å². The van der Waals surface area contributed by atoms with Gasteiger partial charge in [0.05, 0.1) is 0 Å². The van der Waals surface area contributed by atoms with Gasteiger partial charge in [-0.3, -0.25) is 4.79 Å². The number of halogens is 2. The quantitative estimate of drug-likeness (QED) is 0.702. The maximum absolute atomic E-state index is 13.3. The van der Waals surface area contributed by atoms with Crippen LogP contribution in [0.25, 0.3) is 0 Å². The Morgan fingerprint density at radius 1 is 1.33 bits per heavy atom. The summed E-state index contributed by atoms with van der Waals surface area (Å²) in [4.78, 5) is 10.3. The van der Waals surface area contributed by atoms with E-state index in [4.69, 9.17) is 15.9 Å². The highest BCUT2D eigenvalue weighted by Gasteiger charge is 2.43. The molecule has 1 unspecified atom stereocenters. The van der Waals surface area contributed by atoms with E-state index in [-0.39, 0.29) is 5.75 Å². The van der Waals surface area contributed by atoms with Crippen molar-refractivity contribution in [2.45, 2.75) is 12.0 Å². The van der Waals surface area contributed by atoms with Gasteiger partial charge in [-0.1, -0.05) is 0 Å². The molecule has 6 heteroatoms. The molecule has 15 heavy (non-hydrogen) atoms. The van der Waals surface area contributed by atoms with E-state index in [1.807, 2.05) is 0 Å². The van der Waals surface area contributed by atoms with Crippen LogP contribution in [0.2, 0.25) is 0 Å². The zero-order valence-corrected chi connectivity index (χ0v) is 7.52. The Balaban J connectivity index is 3.05. The Bertz CT molecular complexity index is 364. The van der Waals surface area contributed by atoms with E-state index in [0.717, 1.165) is 24.3 Å². The number of alkyl halides is 2. The molecular formula is C9H9F2NO3. The summed E-state index contributed by atoms with van der Waals surface area (Å²) in [6.45, 7) is 0. The molecule has 4 N–H and O–H groups in total. The minimum absolute atomic E-state index is 0.182. The lowest BCUT2D eigenvalue weighted by Crippen LogP contribution is -2.45. The van der Waals surface area contributed by atoms with Gasteiger partial charge in [0.15, 0.2) is 6.04 Å². The lowest BCUT2D eigenvalue weighted by Gasteiger charge is -2.20. The highest BCUT2D eigenvalue weighted by molar-refractivity contribution is 5.74. The standard InChI is InChI=1S/C9H9F2NO3/c10-9(11,7(12)8(14)15)5-1-3-6(13)4-2-5/h1-4,7,13H,12H2,(H,14,15). The second kappa shape index (κ2) is 3.82. The van der Waals surface area contributed by atoms with Gasteiger partial charge in [0.25, 0.3) is 5.92 Å². The summed E-state index contributed by atoms with van der Waals surface area (Å²) in [5.74, 6) is -5.63. The normalized spacial score (nSPS) is 13.5. The second-order valence-corrected chi connectivity index (χ2v) is 2.99. The van der Waals surface area contributed by atoms with E-state index < -0.39 is 23.5 Å². The van der Waals surface area contributed by atoms with E-state index in [2.05, 4.69) is 0 Å². The Morgan fingerprint density at radius 2 is 1.80 bits per heavy atom. The zero-order valence-electron chi connectivity index (χ0n) is 7.52. The summed E-state index contributed by atoms with van der Waals surface area (Å²) in [6.07, 6.45) is 0. The summed E-state index contributed by atoms with van der Waals surface area (Å²) in [5, 5.41) is 17.3. The van der Waals surface area contributed by atoms with Crippen molar-refractivity contribution in [3.05, 3.63) is 29.8 Å². The van der Waals surface area contributed by atoms with Crippen LogP contribution in [0.1, 0.15) is 5.56 Å². The molecule has 4 nitrogen and oxygen atoms in total. The van der Waals surface area contributed by atoms with Crippen LogP contribution in [0.4, 0.5) is 8.78 Å². The molecule has 1 atom stereocenters. The van der Waals surface area contributed by atoms with E-state index in [0.29, 0.717) is 0 Å². The maximum atomic E-state index is 13.3. The highest BCUT2D eigenvalue weighted by Crippen LogP contribution is 2.31. The molecule has 0 aliphatic rings. The predicted molar refractivity (Wildman–Crippen MR) is 47.6 cm³/mol. The number of carboxylic acids is 1. The van der Waals surface area contributed by atoms with Gasteiger partial charge in [-0.2, -0.15) is 8.78 Å². The van der Waals surface area contributed by atoms with Crippen LogP contribution >= 0.6 is 0 Å². The van der Waals surface area contributed by atoms with E-state index in [1.54, 1.807) is 0 Å². The first-order valence-corrected chi connectivity index (χ1v) is 4.01. The number of phenolic OH excluding ortho intramolecular Hbond substituents is 1. The number of phenols is 1. The monoisotopic (exact) mass is 217 g/mol. The molecule has 0 heterocycles. The first kappa shape index (κ1) is 11.4. The number of hydrogen-bond acceptors (Lipinski definition) is 3. The molecule has 0 radical (unpaired) electrons. The number of aromatic hydroxyl groups is 1. The van der Waals surface area contributed by atoms with Crippen LogP contribution in [0, 0.1) is 0 Å². The van der Waals surface area contributed by atoms with Crippen LogP contribution in [-0.4, -0.2) is 22.2 Å². The number of nitrogens with two attached hydrogens (primary N) is 1. The number of benzene rings is 1. The van der Waals surface area contributed by atoms with E-state index >= 15 is 0 Å². The fourth-order valence-corrected chi connectivity index (χ4v) is 1.02. The number of carboxylic acid groups (broad SMARTS) is 1. The Morgan fingerprint density at radius 3 is 2.20 bits per heavy atom. The smallest absolute Gasteiger partial charge is 0.327 e. The third-order valence-corrected chi connectivity index (χ3v) is 1.91. The Hall–Kier alpha value is -1.69. The molecule has 0 spiro atoms. The van der Waals surface area contributed by atoms with Gasteiger partial charge in [-0.05, 0) is 24.3 Å². The number of rotatable bonds is 3. The third kappa shape index (κ3) is 2.21. The lowest BCUT2D eigenvalue weighted by atomic mass is 10.0. The predicted octanol–water partition coefficient (Wildman–Crippen LogP) is 0.896. The van der Waals surface area contributed by atoms with Crippen molar-refractivity contribution < 1.29 is 23.8 Å². The largest absolute Gasteiger partial charge is 0.508 e. The molecule has 1 rings (SSSR count). The van der Waals surface area contributed by atoms with Gasteiger partial charge in [0, 0.05) is 5.56 Å². The average molecular weight is 217 g/mol. The Kier molecular flexibility index (Phi) is 2.90. The van der Waals surface area contributed by atoms with Gasteiger partial charge in [0.1, 0.15) is 5.75 Å². The summed E-state index contributed by atoms with van der Waals surface area (Å²) < 4.78 is 26.7. The SMILES string of the molecule is NC(C(=O)O)C(F)(F)c1ccc(O)cc1. The highest BCUT2D eigenvalue weighted by atomic mass is 19.3. The summed E-state index contributed by atoms with van der Waals surface area (Å²) in [5.41, 5.74) is 4.31. The number of carbonyl (C=O) groups is 1. The molecular weight excluding hydrogens is 208 g/mol. The van der Waals surface area contributed by atoms with Crippen molar-refractivity contribution in [1.29, 1.82) is 0 Å². The van der Waals surface area contributed by atoms with Crippen molar-refractivity contribution in [3.8, 4) is 5.75 Å². The Labute approximate surface area is 83.9 Å². The molecule has 1 aromatic rings. The molecule has 0 saturated carbocycles. The van der Waals surface area contributed by atoms with E-state index in [9.17, 15) is 13.6 Å².